The third-order valence-electron chi connectivity index (χ3n) is 3.01. The lowest BCUT2D eigenvalue weighted by molar-refractivity contribution is -0.112. The molecule has 0 bridgehead atoms. The van der Waals surface area contributed by atoms with Crippen molar-refractivity contribution in [3.05, 3.63) is 68.4 Å². The Balaban J connectivity index is 2.12. The lowest BCUT2D eigenvalue weighted by atomic mass is 10.2. The van der Waals surface area contributed by atoms with Gasteiger partial charge in [0.25, 0.3) is 5.91 Å². The largest absolute Gasteiger partial charge is 0.360 e. The fourth-order valence-electron chi connectivity index (χ4n) is 1.85. The molecule has 0 heterocycles. The number of hydrogen-bond donors (Lipinski definition) is 2. The Morgan fingerprint density at radius 2 is 2.09 bits per heavy atom. The van der Waals surface area contributed by atoms with Crippen LogP contribution in [-0.2, 0) is 4.79 Å². The Morgan fingerprint density at radius 1 is 1.30 bits per heavy atom. The van der Waals surface area contributed by atoms with Gasteiger partial charge in [0, 0.05) is 26.2 Å². The third kappa shape index (κ3) is 4.98. The van der Waals surface area contributed by atoms with Crippen LogP contribution in [0.5, 0.6) is 0 Å². The smallest absolute Gasteiger partial charge is 0.267 e. The van der Waals surface area contributed by atoms with Crippen molar-refractivity contribution in [1.82, 2.24) is 0 Å². The number of anilines is 2. The number of rotatable bonds is 4. The van der Waals surface area contributed by atoms with Gasteiger partial charge in [-0.25, -0.2) is 0 Å². The Bertz CT molecular complexity index is 812. The molecule has 0 saturated carbocycles. The fraction of sp³-hybridized carbons (Fsp3) is 0.0588. The maximum Gasteiger partial charge on any atom is 0.267 e. The number of nitriles is 1. The summed E-state index contributed by atoms with van der Waals surface area (Å²) in [6.07, 6.45) is 1.40. The normalized spacial score (nSPS) is 10.8. The number of amides is 1. The summed E-state index contributed by atoms with van der Waals surface area (Å²) in [6, 6.07) is 14.5. The second-order valence-electron chi connectivity index (χ2n) is 4.74. The van der Waals surface area contributed by atoms with E-state index in [0.717, 1.165) is 14.8 Å². The molecule has 2 N–H and O–H groups in total. The Labute approximate surface area is 153 Å². The number of nitrogens with zero attached hydrogens (tertiary/aromatic N) is 1. The summed E-state index contributed by atoms with van der Waals surface area (Å²) in [4.78, 5) is 12.1. The SMILES string of the molecule is Cc1cc(I)ccc1N/C=C(/C#N)C(=O)Nc1cccc(Cl)c1. The minimum absolute atomic E-state index is 0.0251. The highest BCUT2D eigenvalue weighted by Gasteiger charge is 2.09. The van der Waals surface area contributed by atoms with Gasteiger partial charge in [-0.2, -0.15) is 5.26 Å². The number of hydrogen-bond acceptors (Lipinski definition) is 3. The van der Waals surface area contributed by atoms with Gasteiger partial charge in [-0.15, -0.1) is 0 Å². The molecule has 0 aliphatic rings. The summed E-state index contributed by atoms with van der Waals surface area (Å²) in [6.45, 7) is 1.95. The summed E-state index contributed by atoms with van der Waals surface area (Å²) in [5, 5.41) is 15.3. The second-order valence-corrected chi connectivity index (χ2v) is 6.42. The van der Waals surface area contributed by atoms with Gasteiger partial charge in [0.15, 0.2) is 0 Å². The minimum Gasteiger partial charge on any atom is -0.360 e. The van der Waals surface area contributed by atoms with Crippen molar-refractivity contribution >= 4 is 51.5 Å². The highest BCUT2D eigenvalue weighted by atomic mass is 127. The molecule has 0 aliphatic carbocycles. The molecule has 0 fully saturated rings. The predicted octanol–water partition coefficient (Wildman–Crippen LogP) is 4.71. The molecular formula is C17H13ClIN3O. The summed E-state index contributed by atoms with van der Waals surface area (Å²) >= 11 is 8.10. The molecule has 0 unspecified atom stereocenters. The van der Waals surface area contributed by atoms with Gasteiger partial charge in [-0.05, 0) is 71.5 Å². The van der Waals surface area contributed by atoms with Crippen LogP contribution in [0.15, 0.2) is 54.2 Å². The molecule has 116 valence electrons. The molecule has 2 aromatic rings. The predicted molar refractivity (Wildman–Crippen MR) is 101 cm³/mol. The molecule has 0 atom stereocenters. The zero-order chi connectivity index (χ0) is 16.8. The quantitative estimate of drug-likeness (QED) is 0.414. The van der Waals surface area contributed by atoms with Crippen molar-refractivity contribution < 1.29 is 4.79 Å². The number of carbonyl (C=O) groups excluding carboxylic acids is 1. The monoisotopic (exact) mass is 437 g/mol. The van der Waals surface area contributed by atoms with Crippen molar-refractivity contribution in [2.75, 3.05) is 10.6 Å². The highest BCUT2D eigenvalue weighted by Crippen LogP contribution is 2.18. The minimum atomic E-state index is -0.495. The molecule has 2 rings (SSSR count). The molecule has 6 heteroatoms. The van der Waals surface area contributed by atoms with Crippen LogP contribution in [0.3, 0.4) is 0 Å². The molecule has 0 saturated heterocycles. The van der Waals surface area contributed by atoms with Gasteiger partial charge >= 0.3 is 0 Å². The van der Waals surface area contributed by atoms with E-state index >= 15 is 0 Å². The van der Waals surface area contributed by atoms with Crippen LogP contribution in [0.4, 0.5) is 11.4 Å². The molecule has 0 aliphatic heterocycles. The average Bonchev–Trinajstić information content (AvgIpc) is 2.49. The third-order valence-corrected chi connectivity index (χ3v) is 3.91. The Hall–Kier alpha value is -2.04. The molecule has 0 aromatic heterocycles. The van der Waals surface area contributed by atoms with Crippen LogP contribution in [0.1, 0.15) is 5.56 Å². The molecule has 23 heavy (non-hydrogen) atoms. The van der Waals surface area contributed by atoms with Crippen LogP contribution >= 0.6 is 34.2 Å². The van der Waals surface area contributed by atoms with Gasteiger partial charge in [-0.1, -0.05) is 17.7 Å². The molecular weight excluding hydrogens is 425 g/mol. The van der Waals surface area contributed by atoms with E-state index in [-0.39, 0.29) is 5.57 Å². The van der Waals surface area contributed by atoms with Crippen molar-refractivity contribution in [2.24, 2.45) is 0 Å². The fourth-order valence-corrected chi connectivity index (χ4v) is 2.69. The van der Waals surface area contributed by atoms with E-state index in [2.05, 4.69) is 33.2 Å². The maximum absolute atomic E-state index is 12.1. The molecule has 2 aromatic carbocycles. The van der Waals surface area contributed by atoms with Crippen molar-refractivity contribution in [3.63, 3.8) is 0 Å². The zero-order valence-electron chi connectivity index (χ0n) is 12.2. The Morgan fingerprint density at radius 3 is 2.74 bits per heavy atom. The first-order valence-corrected chi connectivity index (χ1v) is 8.15. The van der Waals surface area contributed by atoms with Crippen LogP contribution < -0.4 is 10.6 Å². The van der Waals surface area contributed by atoms with Gasteiger partial charge in [0.05, 0.1) is 0 Å². The lowest BCUT2D eigenvalue weighted by Gasteiger charge is -2.07. The summed E-state index contributed by atoms with van der Waals surface area (Å²) in [7, 11) is 0. The molecule has 0 spiro atoms. The molecule has 1 amide bonds. The first kappa shape index (κ1) is 17.3. The van der Waals surface area contributed by atoms with E-state index in [4.69, 9.17) is 11.6 Å². The lowest BCUT2D eigenvalue weighted by Crippen LogP contribution is -2.14. The summed E-state index contributed by atoms with van der Waals surface area (Å²) in [5.41, 5.74) is 2.38. The molecule has 0 radical (unpaired) electrons. The Kier molecular flexibility index (Phi) is 6.02. The van der Waals surface area contributed by atoms with Crippen LogP contribution in [0.2, 0.25) is 5.02 Å². The van der Waals surface area contributed by atoms with Crippen molar-refractivity contribution in [3.8, 4) is 6.07 Å². The number of benzene rings is 2. The molecule has 4 nitrogen and oxygen atoms in total. The van der Waals surface area contributed by atoms with Crippen molar-refractivity contribution in [2.45, 2.75) is 6.92 Å². The van der Waals surface area contributed by atoms with Gasteiger partial charge in [0.2, 0.25) is 0 Å². The van der Waals surface area contributed by atoms with E-state index in [1.807, 2.05) is 31.2 Å². The first-order chi connectivity index (χ1) is 11.0. The number of nitrogens with one attached hydrogen (secondary N) is 2. The van der Waals surface area contributed by atoms with E-state index in [9.17, 15) is 10.1 Å². The van der Waals surface area contributed by atoms with E-state index in [1.54, 1.807) is 24.3 Å². The van der Waals surface area contributed by atoms with Crippen LogP contribution in [0.25, 0.3) is 0 Å². The van der Waals surface area contributed by atoms with Gasteiger partial charge in [0.1, 0.15) is 11.6 Å². The summed E-state index contributed by atoms with van der Waals surface area (Å²) < 4.78 is 1.12. The second kappa shape index (κ2) is 7.99. The zero-order valence-corrected chi connectivity index (χ0v) is 15.1. The standard InChI is InChI=1S/C17H13ClIN3O/c1-11-7-14(19)5-6-16(11)21-10-12(9-20)17(23)22-15-4-2-3-13(18)8-15/h2-8,10,21H,1H3,(H,22,23)/b12-10-. The maximum atomic E-state index is 12.1. The topological polar surface area (TPSA) is 64.9 Å². The van der Waals surface area contributed by atoms with Crippen LogP contribution in [0, 0.1) is 21.8 Å². The van der Waals surface area contributed by atoms with E-state index < -0.39 is 5.91 Å². The van der Waals surface area contributed by atoms with E-state index in [1.165, 1.54) is 6.20 Å². The van der Waals surface area contributed by atoms with E-state index in [0.29, 0.717) is 10.7 Å². The number of carbonyl (C=O) groups is 1. The first-order valence-electron chi connectivity index (χ1n) is 6.69. The number of halogens is 2. The van der Waals surface area contributed by atoms with Crippen molar-refractivity contribution in [1.29, 1.82) is 5.26 Å². The average molecular weight is 438 g/mol. The van der Waals surface area contributed by atoms with Gasteiger partial charge in [-0.3, -0.25) is 4.79 Å². The highest BCUT2D eigenvalue weighted by molar-refractivity contribution is 14.1. The van der Waals surface area contributed by atoms with Gasteiger partial charge < -0.3 is 10.6 Å². The summed E-state index contributed by atoms with van der Waals surface area (Å²) in [5.74, 6) is -0.495. The van der Waals surface area contributed by atoms with Crippen LogP contribution in [-0.4, -0.2) is 5.91 Å². The number of aryl methyl sites for hydroxylation is 1.